The molecule has 1 heterocycles. The number of benzene rings is 1. The van der Waals surface area contributed by atoms with Gasteiger partial charge in [-0.25, -0.2) is 0 Å². The maximum atomic E-state index is 12.5. The highest BCUT2D eigenvalue weighted by Gasteiger charge is 2.23. The molecule has 0 saturated carbocycles. The first-order chi connectivity index (χ1) is 10.2. The van der Waals surface area contributed by atoms with Crippen molar-refractivity contribution < 1.29 is 9.53 Å². The van der Waals surface area contributed by atoms with Gasteiger partial charge in [-0.05, 0) is 63.0 Å². The SMILES string of the molecule is CCNCC1CCN(C(=O)c2ccc(OCC)cc2)CC1.Cl. The fourth-order valence-corrected chi connectivity index (χ4v) is 2.73. The molecular formula is C17H27ClN2O2. The minimum absolute atomic E-state index is 0. The minimum Gasteiger partial charge on any atom is -0.494 e. The molecule has 0 bridgehead atoms. The number of amides is 1. The van der Waals surface area contributed by atoms with Crippen molar-refractivity contribution >= 4 is 18.3 Å². The summed E-state index contributed by atoms with van der Waals surface area (Å²) in [6.07, 6.45) is 2.19. The molecule has 0 spiro atoms. The van der Waals surface area contributed by atoms with Gasteiger partial charge >= 0.3 is 0 Å². The van der Waals surface area contributed by atoms with Crippen molar-refractivity contribution in [2.45, 2.75) is 26.7 Å². The number of hydrogen-bond acceptors (Lipinski definition) is 3. The van der Waals surface area contributed by atoms with Crippen molar-refractivity contribution in [2.75, 3.05) is 32.8 Å². The lowest BCUT2D eigenvalue weighted by Crippen LogP contribution is -2.40. The molecule has 22 heavy (non-hydrogen) atoms. The number of nitrogens with zero attached hydrogens (tertiary/aromatic N) is 1. The van der Waals surface area contributed by atoms with E-state index in [1.165, 1.54) is 0 Å². The highest BCUT2D eigenvalue weighted by molar-refractivity contribution is 5.94. The Balaban J connectivity index is 0.00000242. The fourth-order valence-electron chi connectivity index (χ4n) is 2.73. The molecule has 1 aliphatic heterocycles. The number of ether oxygens (including phenoxy) is 1. The van der Waals surface area contributed by atoms with Crippen LogP contribution >= 0.6 is 12.4 Å². The molecule has 2 rings (SSSR count). The van der Waals surface area contributed by atoms with Crippen LogP contribution in [0.5, 0.6) is 5.75 Å². The Morgan fingerprint density at radius 1 is 1.23 bits per heavy atom. The molecule has 0 radical (unpaired) electrons. The van der Waals surface area contributed by atoms with Gasteiger partial charge in [0.2, 0.25) is 0 Å². The van der Waals surface area contributed by atoms with Crippen molar-refractivity contribution in [2.24, 2.45) is 5.92 Å². The second-order valence-corrected chi connectivity index (χ2v) is 5.50. The molecule has 1 N–H and O–H groups in total. The number of rotatable bonds is 6. The van der Waals surface area contributed by atoms with E-state index in [-0.39, 0.29) is 18.3 Å². The van der Waals surface area contributed by atoms with Gasteiger partial charge in [0, 0.05) is 18.7 Å². The first-order valence-corrected chi connectivity index (χ1v) is 7.97. The van der Waals surface area contributed by atoms with Crippen LogP contribution in [-0.4, -0.2) is 43.6 Å². The van der Waals surface area contributed by atoms with E-state index in [9.17, 15) is 4.79 Å². The smallest absolute Gasteiger partial charge is 0.253 e. The zero-order valence-electron chi connectivity index (χ0n) is 13.5. The van der Waals surface area contributed by atoms with Gasteiger partial charge in [0.25, 0.3) is 5.91 Å². The predicted octanol–water partition coefficient (Wildman–Crippen LogP) is 2.97. The largest absolute Gasteiger partial charge is 0.494 e. The van der Waals surface area contributed by atoms with Gasteiger partial charge < -0.3 is 15.0 Å². The van der Waals surface area contributed by atoms with Gasteiger partial charge in [-0.1, -0.05) is 6.92 Å². The van der Waals surface area contributed by atoms with Crippen molar-refractivity contribution in [1.82, 2.24) is 10.2 Å². The molecule has 5 heteroatoms. The molecule has 0 aliphatic carbocycles. The Morgan fingerprint density at radius 3 is 2.41 bits per heavy atom. The van der Waals surface area contributed by atoms with Crippen molar-refractivity contribution in [3.05, 3.63) is 29.8 Å². The molecule has 0 aromatic heterocycles. The van der Waals surface area contributed by atoms with Crippen LogP contribution in [0.15, 0.2) is 24.3 Å². The predicted molar refractivity (Wildman–Crippen MR) is 92.0 cm³/mol. The van der Waals surface area contributed by atoms with Crippen LogP contribution in [-0.2, 0) is 0 Å². The normalized spacial score (nSPS) is 15.3. The molecule has 1 amide bonds. The van der Waals surface area contributed by atoms with Crippen molar-refractivity contribution in [3.8, 4) is 5.75 Å². The molecule has 1 aromatic rings. The molecule has 1 aromatic carbocycles. The average molecular weight is 327 g/mol. The highest BCUT2D eigenvalue weighted by atomic mass is 35.5. The monoisotopic (exact) mass is 326 g/mol. The third-order valence-corrected chi connectivity index (χ3v) is 4.00. The molecule has 0 atom stereocenters. The summed E-state index contributed by atoms with van der Waals surface area (Å²) in [5.41, 5.74) is 0.753. The number of carbonyl (C=O) groups is 1. The lowest BCUT2D eigenvalue weighted by Gasteiger charge is -2.32. The molecule has 1 saturated heterocycles. The summed E-state index contributed by atoms with van der Waals surface area (Å²) in [5, 5.41) is 3.39. The summed E-state index contributed by atoms with van der Waals surface area (Å²) in [5.74, 6) is 1.66. The van der Waals surface area contributed by atoms with Crippen LogP contribution < -0.4 is 10.1 Å². The summed E-state index contributed by atoms with van der Waals surface area (Å²) < 4.78 is 5.41. The van der Waals surface area contributed by atoms with Crippen LogP contribution in [0, 0.1) is 5.92 Å². The standard InChI is InChI=1S/C17H26N2O2.ClH/c1-3-18-13-14-9-11-19(12-10-14)17(20)15-5-7-16(8-6-15)21-4-2;/h5-8,14,18H,3-4,9-13H2,1-2H3;1H. The number of nitrogens with one attached hydrogen (secondary N) is 1. The molecule has 0 unspecified atom stereocenters. The Morgan fingerprint density at radius 2 is 1.86 bits per heavy atom. The van der Waals surface area contributed by atoms with E-state index < -0.39 is 0 Å². The summed E-state index contributed by atoms with van der Waals surface area (Å²) in [4.78, 5) is 14.4. The van der Waals surface area contributed by atoms with Crippen LogP contribution in [0.3, 0.4) is 0 Å². The van der Waals surface area contributed by atoms with E-state index in [1.807, 2.05) is 36.1 Å². The molecule has 1 fully saturated rings. The topological polar surface area (TPSA) is 41.6 Å². The fraction of sp³-hybridized carbons (Fsp3) is 0.588. The second kappa shape index (κ2) is 9.70. The van der Waals surface area contributed by atoms with Crippen LogP contribution in [0.4, 0.5) is 0 Å². The van der Waals surface area contributed by atoms with Gasteiger partial charge in [-0.15, -0.1) is 12.4 Å². The molecule has 1 aliphatic rings. The van der Waals surface area contributed by atoms with Gasteiger partial charge in [0.15, 0.2) is 0 Å². The van der Waals surface area contributed by atoms with Gasteiger partial charge in [-0.3, -0.25) is 4.79 Å². The number of piperidine rings is 1. The summed E-state index contributed by atoms with van der Waals surface area (Å²) >= 11 is 0. The zero-order chi connectivity index (χ0) is 15.1. The van der Waals surface area contributed by atoms with Gasteiger partial charge in [0.1, 0.15) is 5.75 Å². The number of carbonyl (C=O) groups excluding carboxylic acids is 1. The van der Waals surface area contributed by atoms with Crippen molar-refractivity contribution in [1.29, 1.82) is 0 Å². The Labute approximate surface area is 139 Å². The van der Waals surface area contributed by atoms with Crippen LogP contribution in [0.1, 0.15) is 37.0 Å². The summed E-state index contributed by atoms with van der Waals surface area (Å²) in [6.45, 7) is 8.55. The molecular weight excluding hydrogens is 300 g/mol. The van der Waals surface area contributed by atoms with Gasteiger partial charge in [-0.2, -0.15) is 0 Å². The number of hydrogen-bond donors (Lipinski definition) is 1. The van der Waals surface area contributed by atoms with E-state index in [1.54, 1.807) is 0 Å². The molecule has 4 nitrogen and oxygen atoms in total. The quantitative estimate of drug-likeness (QED) is 0.874. The van der Waals surface area contributed by atoms with Gasteiger partial charge in [0.05, 0.1) is 6.61 Å². The van der Waals surface area contributed by atoms with Crippen LogP contribution in [0.25, 0.3) is 0 Å². The summed E-state index contributed by atoms with van der Waals surface area (Å²) in [7, 11) is 0. The summed E-state index contributed by atoms with van der Waals surface area (Å²) in [6, 6.07) is 7.46. The average Bonchev–Trinajstić information content (AvgIpc) is 2.54. The van der Waals surface area contributed by atoms with Crippen molar-refractivity contribution in [3.63, 3.8) is 0 Å². The van der Waals surface area contributed by atoms with E-state index in [2.05, 4.69) is 12.2 Å². The van der Waals surface area contributed by atoms with E-state index in [0.29, 0.717) is 12.5 Å². The van der Waals surface area contributed by atoms with E-state index in [0.717, 1.165) is 50.3 Å². The first-order valence-electron chi connectivity index (χ1n) is 7.97. The van der Waals surface area contributed by atoms with E-state index in [4.69, 9.17) is 4.74 Å². The first kappa shape index (κ1) is 18.8. The Kier molecular flexibility index (Phi) is 8.28. The maximum Gasteiger partial charge on any atom is 0.253 e. The van der Waals surface area contributed by atoms with Crippen LogP contribution in [0.2, 0.25) is 0 Å². The Hall–Kier alpha value is -1.26. The van der Waals surface area contributed by atoms with E-state index >= 15 is 0 Å². The number of halogens is 1. The maximum absolute atomic E-state index is 12.5. The third kappa shape index (κ3) is 5.18. The lowest BCUT2D eigenvalue weighted by atomic mass is 9.96. The Bertz CT molecular complexity index is 442. The highest BCUT2D eigenvalue weighted by Crippen LogP contribution is 2.19. The third-order valence-electron chi connectivity index (χ3n) is 4.00. The second-order valence-electron chi connectivity index (χ2n) is 5.50. The lowest BCUT2D eigenvalue weighted by molar-refractivity contribution is 0.0690. The minimum atomic E-state index is 0. The zero-order valence-corrected chi connectivity index (χ0v) is 14.3. The number of likely N-dealkylation sites (tertiary alicyclic amines) is 1. The molecule has 124 valence electrons.